The number of carbonyl (C=O) groups is 1. The zero-order valence-electron chi connectivity index (χ0n) is 9.56. The maximum Gasteiger partial charge on any atom is 0.257 e. The summed E-state index contributed by atoms with van der Waals surface area (Å²) in [6, 6.07) is 4.39. The van der Waals surface area contributed by atoms with Crippen molar-refractivity contribution < 1.29 is 9.18 Å². The second-order valence-corrected chi connectivity index (χ2v) is 7.93. The molecule has 7 heteroatoms. The number of rotatable bonds is 2. The SMILES string of the molecule is Cc1cc(NC(=O)c2cc(Br)sc2Br)c(Cl)cc1F. The van der Waals surface area contributed by atoms with Crippen LogP contribution in [0.2, 0.25) is 5.02 Å². The van der Waals surface area contributed by atoms with Gasteiger partial charge in [-0.25, -0.2) is 4.39 Å². The molecule has 0 spiro atoms. The number of benzene rings is 1. The Morgan fingerprint density at radius 3 is 2.63 bits per heavy atom. The number of nitrogens with one attached hydrogen (secondary N) is 1. The Morgan fingerprint density at radius 2 is 2.05 bits per heavy atom. The van der Waals surface area contributed by atoms with Gasteiger partial charge in [-0.2, -0.15) is 0 Å². The Balaban J connectivity index is 2.29. The fourth-order valence-corrected chi connectivity index (χ4v) is 4.43. The number of hydrogen-bond acceptors (Lipinski definition) is 2. The minimum atomic E-state index is -0.401. The third-order valence-electron chi connectivity index (χ3n) is 2.40. The van der Waals surface area contributed by atoms with E-state index in [1.807, 2.05) is 0 Å². The Kier molecular flexibility index (Phi) is 4.66. The predicted octanol–water partition coefficient (Wildman–Crippen LogP) is 5.63. The molecular weight excluding hydrogens is 420 g/mol. The van der Waals surface area contributed by atoms with Crippen LogP contribution >= 0.6 is 54.8 Å². The Bertz CT molecular complexity index is 659. The molecule has 19 heavy (non-hydrogen) atoms. The molecule has 0 unspecified atom stereocenters. The molecule has 1 aromatic heterocycles. The van der Waals surface area contributed by atoms with Gasteiger partial charge in [0.25, 0.3) is 5.91 Å². The molecule has 2 aromatic rings. The summed E-state index contributed by atoms with van der Waals surface area (Å²) in [6.45, 7) is 1.61. The van der Waals surface area contributed by atoms with Crippen molar-refractivity contribution >= 4 is 66.4 Å². The van der Waals surface area contributed by atoms with Crippen molar-refractivity contribution in [2.45, 2.75) is 6.92 Å². The topological polar surface area (TPSA) is 29.1 Å². The normalized spacial score (nSPS) is 10.6. The lowest BCUT2D eigenvalue weighted by atomic mass is 10.2. The third kappa shape index (κ3) is 3.37. The van der Waals surface area contributed by atoms with Crippen molar-refractivity contribution in [1.82, 2.24) is 0 Å². The maximum atomic E-state index is 13.3. The summed E-state index contributed by atoms with van der Waals surface area (Å²) in [5.74, 6) is -0.704. The molecule has 100 valence electrons. The lowest BCUT2D eigenvalue weighted by molar-refractivity contribution is 0.102. The second-order valence-electron chi connectivity index (χ2n) is 3.77. The molecule has 0 aliphatic rings. The van der Waals surface area contributed by atoms with E-state index in [0.29, 0.717) is 20.6 Å². The fraction of sp³-hybridized carbons (Fsp3) is 0.0833. The number of halogens is 4. The Morgan fingerprint density at radius 1 is 1.37 bits per heavy atom. The zero-order valence-corrected chi connectivity index (χ0v) is 14.3. The van der Waals surface area contributed by atoms with E-state index in [2.05, 4.69) is 37.2 Å². The van der Waals surface area contributed by atoms with Gasteiger partial charge in [-0.05, 0) is 62.5 Å². The molecule has 1 N–H and O–H groups in total. The summed E-state index contributed by atoms with van der Waals surface area (Å²) in [5, 5.41) is 2.84. The highest BCUT2D eigenvalue weighted by molar-refractivity contribution is 9.12. The third-order valence-corrected chi connectivity index (χ3v) is 5.05. The molecule has 0 saturated carbocycles. The van der Waals surface area contributed by atoms with E-state index in [-0.39, 0.29) is 10.9 Å². The number of hydrogen-bond donors (Lipinski definition) is 1. The van der Waals surface area contributed by atoms with E-state index in [1.54, 1.807) is 13.0 Å². The average Bonchev–Trinajstić information content (AvgIpc) is 2.65. The molecule has 0 radical (unpaired) electrons. The summed E-state index contributed by atoms with van der Waals surface area (Å²) in [7, 11) is 0. The molecule has 0 atom stereocenters. The van der Waals surface area contributed by atoms with Gasteiger partial charge in [-0.1, -0.05) is 11.6 Å². The van der Waals surface area contributed by atoms with Crippen LogP contribution in [-0.2, 0) is 0 Å². The van der Waals surface area contributed by atoms with Crippen molar-refractivity contribution in [3.05, 3.63) is 47.7 Å². The van der Waals surface area contributed by atoms with E-state index >= 15 is 0 Å². The minimum absolute atomic E-state index is 0.168. The minimum Gasteiger partial charge on any atom is -0.321 e. The van der Waals surface area contributed by atoms with Gasteiger partial charge in [0.05, 0.1) is 23.8 Å². The fourth-order valence-electron chi connectivity index (χ4n) is 1.44. The van der Waals surface area contributed by atoms with Crippen LogP contribution in [0.15, 0.2) is 25.8 Å². The lowest BCUT2D eigenvalue weighted by Gasteiger charge is -2.08. The first-order valence-corrected chi connectivity index (χ1v) is 7.88. The number of thiophene rings is 1. The molecule has 1 heterocycles. The van der Waals surface area contributed by atoms with Crippen LogP contribution in [0.25, 0.3) is 0 Å². The summed E-state index contributed by atoms with van der Waals surface area (Å²) < 4.78 is 14.8. The monoisotopic (exact) mass is 425 g/mol. The van der Waals surface area contributed by atoms with E-state index < -0.39 is 5.82 Å². The van der Waals surface area contributed by atoms with E-state index in [1.165, 1.54) is 23.5 Å². The molecule has 0 aliphatic heterocycles. The number of amides is 1. The van der Waals surface area contributed by atoms with Gasteiger partial charge in [0, 0.05) is 0 Å². The highest BCUT2D eigenvalue weighted by Gasteiger charge is 2.15. The van der Waals surface area contributed by atoms with Gasteiger partial charge >= 0.3 is 0 Å². The standard InChI is InChI=1S/C12H7Br2ClFNOS/c1-5-2-9(7(15)4-8(5)16)17-12(18)6-3-10(13)19-11(6)14/h2-4H,1H3,(H,17,18). The number of aryl methyl sites for hydroxylation is 1. The number of anilines is 1. The van der Waals surface area contributed by atoms with E-state index in [0.717, 1.165) is 3.79 Å². The predicted molar refractivity (Wildman–Crippen MR) is 83.8 cm³/mol. The summed E-state index contributed by atoms with van der Waals surface area (Å²) >= 11 is 13.9. The molecule has 2 rings (SSSR count). The van der Waals surface area contributed by atoms with Crippen molar-refractivity contribution in [3.63, 3.8) is 0 Å². The lowest BCUT2D eigenvalue weighted by Crippen LogP contribution is -2.12. The summed E-state index contributed by atoms with van der Waals surface area (Å²) in [4.78, 5) is 12.1. The molecule has 0 aliphatic carbocycles. The van der Waals surface area contributed by atoms with Crippen molar-refractivity contribution in [2.75, 3.05) is 5.32 Å². The second kappa shape index (κ2) is 5.91. The van der Waals surface area contributed by atoms with Crippen LogP contribution < -0.4 is 5.32 Å². The van der Waals surface area contributed by atoms with Crippen LogP contribution in [0, 0.1) is 12.7 Å². The van der Waals surface area contributed by atoms with Crippen molar-refractivity contribution in [3.8, 4) is 0 Å². The quantitative estimate of drug-likeness (QED) is 0.662. The van der Waals surface area contributed by atoms with Crippen molar-refractivity contribution in [2.24, 2.45) is 0 Å². The van der Waals surface area contributed by atoms with E-state index in [4.69, 9.17) is 11.6 Å². The van der Waals surface area contributed by atoms with Crippen molar-refractivity contribution in [1.29, 1.82) is 0 Å². The molecule has 0 saturated heterocycles. The van der Waals surface area contributed by atoms with Crippen LogP contribution in [0.5, 0.6) is 0 Å². The van der Waals surface area contributed by atoms with E-state index in [9.17, 15) is 9.18 Å². The zero-order chi connectivity index (χ0) is 14.2. The number of carbonyl (C=O) groups excluding carboxylic acids is 1. The van der Waals surface area contributed by atoms with Crippen LogP contribution in [0.1, 0.15) is 15.9 Å². The average molecular weight is 428 g/mol. The van der Waals surface area contributed by atoms with Crippen LogP contribution in [0.4, 0.5) is 10.1 Å². The summed E-state index contributed by atoms with van der Waals surface area (Å²) in [6.07, 6.45) is 0. The Hall–Kier alpha value is -0.430. The smallest absolute Gasteiger partial charge is 0.257 e. The first-order chi connectivity index (χ1) is 8.88. The van der Waals surface area contributed by atoms with Gasteiger partial charge in [0.1, 0.15) is 5.82 Å². The molecule has 1 amide bonds. The molecule has 2 nitrogen and oxygen atoms in total. The molecule has 0 fully saturated rings. The first kappa shape index (κ1) is 15.0. The van der Waals surface area contributed by atoms with Crippen LogP contribution in [0.3, 0.4) is 0 Å². The Labute approximate surface area is 135 Å². The molecular formula is C12H7Br2ClFNOS. The highest BCUT2D eigenvalue weighted by atomic mass is 79.9. The highest BCUT2D eigenvalue weighted by Crippen LogP contribution is 2.33. The maximum absolute atomic E-state index is 13.3. The van der Waals surface area contributed by atoms with Gasteiger partial charge in [0.2, 0.25) is 0 Å². The van der Waals surface area contributed by atoms with Gasteiger partial charge in [-0.15, -0.1) is 11.3 Å². The first-order valence-electron chi connectivity index (χ1n) is 5.10. The van der Waals surface area contributed by atoms with Crippen LogP contribution in [-0.4, -0.2) is 5.91 Å². The molecule has 1 aromatic carbocycles. The summed E-state index contributed by atoms with van der Waals surface area (Å²) in [5.41, 5.74) is 1.31. The largest absolute Gasteiger partial charge is 0.321 e. The van der Waals surface area contributed by atoms with Gasteiger partial charge < -0.3 is 5.32 Å². The van der Waals surface area contributed by atoms with Gasteiger partial charge in [-0.3, -0.25) is 4.79 Å². The van der Waals surface area contributed by atoms with Gasteiger partial charge in [0.15, 0.2) is 0 Å². The molecule has 0 bridgehead atoms.